The van der Waals surface area contributed by atoms with Gasteiger partial charge in [-0.25, -0.2) is 0 Å². The van der Waals surface area contributed by atoms with Gasteiger partial charge in [0.15, 0.2) is 5.58 Å². The van der Waals surface area contributed by atoms with Crippen LogP contribution in [0.25, 0.3) is 11.0 Å². The second-order valence-corrected chi connectivity index (χ2v) is 2.21. The molecule has 2 aromatic heterocycles. The summed E-state index contributed by atoms with van der Waals surface area (Å²) in [4.78, 5) is 3.94. The summed E-state index contributed by atoms with van der Waals surface area (Å²) in [5, 5.41) is 4.67. The Balaban J connectivity index is 2.76. The van der Waals surface area contributed by atoms with Crippen molar-refractivity contribution in [2.75, 3.05) is 0 Å². The fourth-order valence-corrected chi connectivity index (χ4v) is 0.979. The van der Waals surface area contributed by atoms with Gasteiger partial charge in [-0.3, -0.25) is 4.98 Å². The molecule has 2 aromatic rings. The zero-order chi connectivity index (χ0) is 7.68. The Bertz CT molecular complexity index is 368. The van der Waals surface area contributed by atoms with E-state index < -0.39 is 0 Å². The van der Waals surface area contributed by atoms with Gasteiger partial charge < -0.3 is 10.3 Å². The SMILES string of the molecule is NCc1noc2ccncc12. The fourth-order valence-electron chi connectivity index (χ4n) is 0.979. The second kappa shape index (κ2) is 2.32. The summed E-state index contributed by atoms with van der Waals surface area (Å²) in [5.41, 5.74) is 6.90. The summed E-state index contributed by atoms with van der Waals surface area (Å²) in [7, 11) is 0. The fraction of sp³-hybridized carbons (Fsp3) is 0.143. The van der Waals surface area contributed by atoms with E-state index in [9.17, 15) is 0 Å². The molecule has 11 heavy (non-hydrogen) atoms. The molecule has 0 aromatic carbocycles. The minimum Gasteiger partial charge on any atom is -0.356 e. The first kappa shape index (κ1) is 6.30. The smallest absolute Gasteiger partial charge is 0.170 e. The maximum atomic E-state index is 5.41. The van der Waals surface area contributed by atoms with Crippen LogP contribution in [0.2, 0.25) is 0 Å². The van der Waals surface area contributed by atoms with Gasteiger partial charge in [-0.1, -0.05) is 5.16 Å². The molecule has 0 spiro atoms. The molecule has 0 aliphatic rings. The number of rotatable bonds is 1. The van der Waals surface area contributed by atoms with Crippen LogP contribution in [0.3, 0.4) is 0 Å². The number of pyridine rings is 1. The third kappa shape index (κ3) is 0.877. The van der Waals surface area contributed by atoms with Crippen molar-refractivity contribution in [3.63, 3.8) is 0 Å². The van der Waals surface area contributed by atoms with E-state index in [1.165, 1.54) is 0 Å². The Hall–Kier alpha value is -1.42. The summed E-state index contributed by atoms with van der Waals surface area (Å²) in [6.45, 7) is 0.388. The van der Waals surface area contributed by atoms with Gasteiger partial charge >= 0.3 is 0 Å². The van der Waals surface area contributed by atoms with E-state index in [2.05, 4.69) is 10.1 Å². The highest BCUT2D eigenvalue weighted by Gasteiger charge is 2.04. The van der Waals surface area contributed by atoms with Crippen molar-refractivity contribution in [1.29, 1.82) is 0 Å². The lowest BCUT2D eigenvalue weighted by molar-refractivity contribution is 0.446. The normalized spacial score (nSPS) is 10.6. The molecule has 2 N–H and O–H groups in total. The predicted molar refractivity (Wildman–Crippen MR) is 39.7 cm³/mol. The van der Waals surface area contributed by atoms with E-state index >= 15 is 0 Å². The monoisotopic (exact) mass is 149 g/mol. The van der Waals surface area contributed by atoms with Gasteiger partial charge in [-0.15, -0.1) is 0 Å². The maximum Gasteiger partial charge on any atom is 0.170 e. The first-order chi connectivity index (χ1) is 5.42. The van der Waals surface area contributed by atoms with Crippen molar-refractivity contribution in [3.8, 4) is 0 Å². The van der Waals surface area contributed by atoms with Crippen LogP contribution in [0.15, 0.2) is 23.0 Å². The quantitative estimate of drug-likeness (QED) is 0.647. The molecule has 0 saturated heterocycles. The van der Waals surface area contributed by atoms with Crippen LogP contribution in [0.5, 0.6) is 0 Å². The lowest BCUT2D eigenvalue weighted by Gasteiger charge is -1.85. The zero-order valence-corrected chi connectivity index (χ0v) is 5.82. The average molecular weight is 149 g/mol. The van der Waals surface area contributed by atoms with Gasteiger partial charge in [-0.2, -0.15) is 0 Å². The third-order valence-corrected chi connectivity index (χ3v) is 1.54. The van der Waals surface area contributed by atoms with Crippen molar-refractivity contribution in [2.24, 2.45) is 5.73 Å². The molecule has 0 amide bonds. The van der Waals surface area contributed by atoms with E-state index in [4.69, 9.17) is 10.3 Å². The summed E-state index contributed by atoms with van der Waals surface area (Å²) >= 11 is 0. The topological polar surface area (TPSA) is 64.9 Å². The Morgan fingerprint density at radius 1 is 1.55 bits per heavy atom. The highest BCUT2D eigenvalue weighted by molar-refractivity contribution is 5.77. The van der Waals surface area contributed by atoms with E-state index in [1.54, 1.807) is 18.5 Å². The van der Waals surface area contributed by atoms with Gasteiger partial charge in [0.05, 0.1) is 5.39 Å². The standard InChI is InChI=1S/C7H7N3O/c8-3-6-5-4-9-2-1-7(5)11-10-6/h1-2,4H,3,8H2. The molecule has 0 radical (unpaired) electrons. The number of hydrogen-bond acceptors (Lipinski definition) is 4. The highest BCUT2D eigenvalue weighted by Crippen LogP contribution is 2.15. The summed E-state index contributed by atoms with van der Waals surface area (Å²) in [6, 6.07) is 1.77. The second-order valence-electron chi connectivity index (χ2n) is 2.21. The van der Waals surface area contributed by atoms with Crippen LogP contribution in [-0.4, -0.2) is 10.1 Å². The Kier molecular flexibility index (Phi) is 1.33. The molecule has 0 atom stereocenters. The van der Waals surface area contributed by atoms with Crippen molar-refractivity contribution >= 4 is 11.0 Å². The number of aromatic nitrogens is 2. The van der Waals surface area contributed by atoms with Crippen LogP contribution in [0, 0.1) is 0 Å². The predicted octanol–water partition coefficient (Wildman–Crippen LogP) is 0.682. The Morgan fingerprint density at radius 2 is 2.45 bits per heavy atom. The van der Waals surface area contributed by atoms with Crippen molar-refractivity contribution < 1.29 is 4.52 Å². The lowest BCUT2D eigenvalue weighted by atomic mass is 10.3. The van der Waals surface area contributed by atoms with Crippen molar-refractivity contribution in [2.45, 2.75) is 6.54 Å². The molecule has 0 unspecified atom stereocenters. The van der Waals surface area contributed by atoms with Crippen LogP contribution in [0.1, 0.15) is 5.69 Å². The number of fused-ring (bicyclic) bond motifs is 1. The van der Waals surface area contributed by atoms with Crippen LogP contribution in [0.4, 0.5) is 0 Å². The molecule has 4 heteroatoms. The number of nitrogens with zero attached hydrogens (tertiary/aromatic N) is 2. The molecule has 0 fully saturated rings. The molecular weight excluding hydrogens is 142 g/mol. The van der Waals surface area contributed by atoms with Gasteiger partial charge in [-0.05, 0) is 0 Å². The van der Waals surface area contributed by atoms with E-state index in [1.807, 2.05) is 0 Å². The largest absolute Gasteiger partial charge is 0.356 e. The minimum atomic E-state index is 0.388. The molecule has 4 nitrogen and oxygen atoms in total. The Morgan fingerprint density at radius 3 is 3.27 bits per heavy atom. The third-order valence-electron chi connectivity index (χ3n) is 1.54. The molecule has 2 rings (SSSR count). The lowest BCUT2D eigenvalue weighted by Crippen LogP contribution is -1.96. The summed E-state index contributed by atoms with van der Waals surface area (Å²) in [6.07, 6.45) is 3.36. The molecule has 0 aliphatic carbocycles. The van der Waals surface area contributed by atoms with Gasteiger partial charge in [0.1, 0.15) is 5.69 Å². The number of hydrogen-bond donors (Lipinski definition) is 1. The molecule has 56 valence electrons. The molecule has 0 bridgehead atoms. The first-order valence-corrected chi connectivity index (χ1v) is 3.30. The molecular formula is C7H7N3O. The van der Waals surface area contributed by atoms with E-state index in [0.29, 0.717) is 6.54 Å². The van der Waals surface area contributed by atoms with Gasteiger partial charge in [0, 0.05) is 25.0 Å². The maximum absolute atomic E-state index is 5.41. The number of nitrogens with two attached hydrogens (primary N) is 1. The van der Waals surface area contributed by atoms with Crippen LogP contribution >= 0.6 is 0 Å². The van der Waals surface area contributed by atoms with Crippen LogP contribution < -0.4 is 5.73 Å². The highest BCUT2D eigenvalue weighted by atomic mass is 16.5. The van der Waals surface area contributed by atoms with E-state index in [0.717, 1.165) is 16.7 Å². The zero-order valence-electron chi connectivity index (χ0n) is 5.82. The molecule has 0 saturated carbocycles. The molecule has 0 aliphatic heterocycles. The average Bonchev–Trinajstić information content (AvgIpc) is 2.47. The van der Waals surface area contributed by atoms with Crippen LogP contribution in [-0.2, 0) is 6.54 Å². The van der Waals surface area contributed by atoms with Gasteiger partial charge in [0.25, 0.3) is 0 Å². The van der Waals surface area contributed by atoms with Crippen molar-refractivity contribution in [3.05, 3.63) is 24.2 Å². The van der Waals surface area contributed by atoms with Crippen molar-refractivity contribution in [1.82, 2.24) is 10.1 Å². The summed E-state index contributed by atoms with van der Waals surface area (Å²) in [5.74, 6) is 0. The Labute approximate surface area is 63.0 Å². The minimum absolute atomic E-state index is 0.388. The van der Waals surface area contributed by atoms with Gasteiger partial charge in [0.2, 0.25) is 0 Å². The van der Waals surface area contributed by atoms with E-state index in [-0.39, 0.29) is 0 Å². The first-order valence-electron chi connectivity index (χ1n) is 3.30. The summed E-state index contributed by atoms with van der Waals surface area (Å²) < 4.78 is 4.97. The molecule has 2 heterocycles.